The number of hydrogen-bond acceptors (Lipinski definition) is 6. The Morgan fingerprint density at radius 1 is 1.32 bits per heavy atom. The second-order valence-corrected chi connectivity index (χ2v) is 6.39. The Bertz CT molecular complexity index is 633. The Hall–Kier alpha value is -1.82. The molecule has 1 aliphatic rings. The molecule has 6 heteroatoms. The summed E-state index contributed by atoms with van der Waals surface area (Å²) in [6.07, 6.45) is 6.87. The van der Waals surface area contributed by atoms with Crippen molar-refractivity contribution >= 4 is 23.4 Å². The zero-order chi connectivity index (χ0) is 15.4. The summed E-state index contributed by atoms with van der Waals surface area (Å²) in [5.41, 5.74) is 1.04. The predicted molar refractivity (Wildman–Crippen MR) is 91.6 cm³/mol. The molecule has 5 nitrogen and oxygen atoms in total. The summed E-state index contributed by atoms with van der Waals surface area (Å²) in [4.78, 5) is 15.7. The smallest absolute Gasteiger partial charge is 0.148 e. The fourth-order valence-corrected chi connectivity index (χ4v) is 3.04. The van der Waals surface area contributed by atoms with Crippen LogP contribution in [0.2, 0.25) is 0 Å². The molecule has 3 heterocycles. The van der Waals surface area contributed by atoms with Crippen molar-refractivity contribution in [3.05, 3.63) is 36.3 Å². The maximum atomic E-state index is 4.63. The first kappa shape index (κ1) is 15.1. The van der Waals surface area contributed by atoms with Crippen molar-refractivity contribution in [3.8, 4) is 0 Å². The molecule has 0 radical (unpaired) electrons. The molecule has 0 amide bonds. The van der Waals surface area contributed by atoms with Crippen LogP contribution in [0.4, 0.5) is 11.6 Å². The van der Waals surface area contributed by atoms with Crippen molar-refractivity contribution in [2.75, 3.05) is 36.1 Å². The first-order valence-corrected chi connectivity index (χ1v) is 8.75. The third-order valence-electron chi connectivity index (χ3n) is 3.88. The number of hydrogen-bond donors (Lipinski definition) is 1. The number of aryl methyl sites for hydroxylation is 1. The van der Waals surface area contributed by atoms with Gasteiger partial charge in [-0.3, -0.25) is 4.98 Å². The summed E-state index contributed by atoms with van der Waals surface area (Å²) in [5, 5.41) is 4.42. The standard InChI is InChI=1S/C16H21N5S/c1-12-4-3-5-14(19-12)18-8-13-6-7-21(11-13)15-9-17-10-16(20-15)22-2/h3-5,9-10,13H,6-8,11H2,1-2H3,(H,18,19)/t13-/m1/s1. The largest absolute Gasteiger partial charge is 0.370 e. The molecule has 1 fully saturated rings. The molecule has 116 valence electrons. The fourth-order valence-electron chi connectivity index (χ4n) is 2.69. The van der Waals surface area contributed by atoms with Crippen LogP contribution in [0.5, 0.6) is 0 Å². The van der Waals surface area contributed by atoms with Crippen LogP contribution in [-0.4, -0.2) is 40.8 Å². The lowest BCUT2D eigenvalue weighted by atomic mass is 10.1. The molecule has 0 unspecified atom stereocenters. The minimum atomic E-state index is 0.613. The molecule has 1 aliphatic heterocycles. The van der Waals surface area contributed by atoms with E-state index in [4.69, 9.17) is 0 Å². The van der Waals surface area contributed by atoms with Gasteiger partial charge in [-0.1, -0.05) is 6.07 Å². The fraction of sp³-hybridized carbons (Fsp3) is 0.438. The van der Waals surface area contributed by atoms with Gasteiger partial charge in [0.25, 0.3) is 0 Å². The average molecular weight is 315 g/mol. The number of pyridine rings is 1. The van der Waals surface area contributed by atoms with Gasteiger partial charge in [0.05, 0.1) is 12.4 Å². The maximum absolute atomic E-state index is 4.63. The molecule has 0 bridgehead atoms. The van der Waals surface area contributed by atoms with Gasteiger partial charge >= 0.3 is 0 Å². The maximum Gasteiger partial charge on any atom is 0.148 e. The zero-order valence-corrected chi connectivity index (χ0v) is 13.8. The highest BCUT2D eigenvalue weighted by molar-refractivity contribution is 7.98. The lowest BCUT2D eigenvalue weighted by molar-refractivity contribution is 0.620. The zero-order valence-electron chi connectivity index (χ0n) is 13.0. The van der Waals surface area contributed by atoms with E-state index in [1.807, 2.05) is 43.8 Å². The summed E-state index contributed by atoms with van der Waals surface area (Å²) in [7, 11) is 0. The van der Waals surface area contributed by atoms with Gasteiger partial charge in [0.1, 0.15) is 16.7 Å². The molecule has 2 aromatic rings. The SMILES string of the molecule is CSc1cncc(N2CC[C@H](CNc3cccc(C)n3)C2)n1. The predicted octanol–water partition coefficient (Wildman–Crippen LogP) is 2.84. The van der Waals surface area contributed by atoms with Crippen molar-refractivity contribution in [1.29, 1.82) is 0 Å². The van der Waals surface area contributed by atoms with Crippen molar-refractivity contribution in [1.82, 2.24) is 15.0 Å². The minimum absolute atomic E-state index is 0.613. The Morgan fingerprint density at radius 2 is 2.23 bits per heavy atom. The Balaban J connectivity index is 1.55. The summed E-state index contributed by atoms with van der Waals surface area (Å²) < 4.78 is 0. The van der Waals surface area contributed by atoms with Gasteiger partial charge in [-0.05, 0) is 37.7 Å². The number of nitrogens with zero attached hydrogens (tertiary/aromatic N) is 4. The molecule has 1 atom stereocenters. The molecule has 0 aromatic carbocycles. The Labute approximate surface area is 135 Å². The van der Waals surface area contributed by atoms with Crippen molar-refractivity contribution in [2.24, 2.45) is 5.92 Å². The number of rotatable bonds is 5. The van der Waals surface area contributed by atoms with E-state index in [2.05, 4.69) is 25.2 Å². The molecule has 1 N–H and O–H groups in total. The molecule has 0 spiro atoms. The van der Waals surface area contributed by atoms with Crippen LogP contribution >= 0.6 is 11.8 Å². The third-order valence-corrected chi connectivity index (χ3v) is 4.49. The first-order valence-electron chi connectivity index (χ1n) is 7.53. The van der Waals surface area contributed by atoms with Crippen molar-refractivity contribution in [3.63, 3.8) is 0 Å². The van der Waals surface area contributed by atoms with Gasteiger partial charge in [0, 0.05) is 25.3 Å². The van der Waals surface area contributed by atoms with E-state index in [0.29, 0.717) is 5.92 Å². The topological polar surface area (TPSA) is 53.9 Å². The Kier molecular flexibility index (Phi) is 4.77. The Morgan fingerprint density at radius 3 is 3.05 bits per heavy atom. The van der Waals surface area contributed by atoms with Crippen LogP contribution in [0, 0.1) is 12.8 Å². The normalized spacial score (nSPS) is 17.7. The van der Waals surface area contributed by atoms with E-state index in [1.54, 1.807) is 11.8 Å². The van der Waals surface area contributed by atoms with E-state index in [1.165, 1.54) is 6.42 Å². The lowest BCUT2D eigenvalue weighted by Crippen LogP contribution is -2.23. The molecule has 3 rings (SSSR count). The highest BCUT2D eigenvalue weighted by Crippen LogP contribution is 2.23. The lowest BCUT2D eigenvalue weighted by Gasteiger charge is -2.18. The van der Waals surface area contributed by atoms with Crippen molar-refractivity contribution in [2.45, 2.75) is 18.4 Å². The average Bonchev–Trinajstić information content (AvgIpc) is 3.02. The van der Waals surface area contributed by atoms with E-state index < -0.39 is 0 Å². The van der Waals surface area contributed by atoms with Gasteiger partial charge in [-0.25, -0.2) is 9.97 Å². The molecule has 2 aromatic heterocycles. The van der Waals surface area contributed by atoms with Gasteiger partial charge in [-0.2, -0.15) is 0 Å². The quantitative estimate of drug-likeness (QED) is 0.856. The number of thioether (sulfide) groups is 1. The molecular formula is C16H21N5S. The molecule has 22 heavy (non-hydrogen) atoms. The number of anilines is 2. The number of nitrogens with one attached hydrogen (secondary N) is 1. The first-order chi connectivity index (χ1) is 10.7. The molecular weight excluding hydrogens is 294 g/mol. The van der Waals surface area contributed by atoms with Crippen LogP contribution in [-0.2, 0) is 0 Å². The van der Waals surface area contributed by atoms with Gasteiger partial charge < -0.3 is 10.2 Å². The van der Waals surface area contributed by atoms with E-state index >= 15 is 0 Å². The van der Waals surface area contributed by atoms with Crippen LogP contribution in [0.1, 0.15) is 12.1 Å². The van der Waals surface area contributed by atoms with E-state index in [-0.39, 0.29) is 0 Å². The summed E-state index contributed by atoms with van der Waals surface area (Å²) in [6.45, 7) is 5.02. The van der Waals surface area contributed by atoms with E-state index in [0.717, 1.165) is 42.0 Å². The minimum Gasteiger partial charge on any atom is -0.370 e. The highest BCUT2D eigenvalue weighted by Gasteiger charge is 2.23. The number of aromatic nitrogens is 3. The molecule has 0 saturated carbocycles. The monoisotopic (exact) mass is 315 g/mol. The highest BCUT2D eigenvalue weighted by atomic mass is 32.2. The molecule has 1 saturated heterocycles. The summed E-state index contributed by atoms with van der Waals surface area (Å²) in [6, 6.07) is 6.07. The second kappa shape index (κ2) is 6.96. The summed E-state index contributed by atoms with van der Waals surface area (Å²) in [5.74, 6) is 2.56. The summed E-state index contributed by atoms with van der Waals surface area (Å²) >= 11 is 1.63. The third kappa shape index (κ3) is 3.68. The van der Waals surface area contributed by atoms with E-state index in [9.17, 15) is 0 Å². The van der Waals surface area contributed by atoms with Crippen LogP contribution in [0.25, 0.3) is 0 Å². The van der Waals surface area contributed by atoms with Gasteiger partial charge in [-0.15, -0.1) is 11.8 Å². The van der Waals surface area contributed by atoms with Crippen LogP contribution in [0.3, 0.4) is 0 Å². The van der Waals surface area contributed by atoms with Crippen molar-refractivity contribution < 1.29 is 0 Å². The van der Waals surface area contributed by atoms with Crippen LogP contribution < -0.4 is 10.2 Å². The van der Waals surface area contributed by atoms with Crippen LogP contribution in [0.15, 0.2) is 35.6 Å². The molecule has 0 aliphatic carbocycles. The second-order valence-electron chi connectivity index (χ2n) is 5.57. The van der Waals surface area contributed by atoms with Gasteiger partial charge in [0.2, 0.25) is 0 Å². The van der Waals surface area contributed by atoms with Gasteiger partial charge in [0.15, 0.2) is 0 Å².